The second kappa shape index (κ2) is 11.2. The monoisotopic (exact) mass is 500 g/mol. The van der Waals surface area contributed by atoms with E-state index >= 15 is 0 Å². The van der Waals surface area contributed by atoms with Crippen LogP contribution in [-0.4, -0.2) is 11.2 Å². The van der Waals surface area contributed by atoms with Gasteiger partial charge < -0.3 is 9.64 Å². The molecule has 0 fully saturated rings. The number of benzene rings is 5. The number of non-ortho nitro benzene ring substituents is 1. The van der Waals surface area contributed by atoms with Gasteiger partial charge in [-0.2, -0.15) is 0 Å². The third-order valence-electron chi connectivity index (χ3n) is 6.17. The highest BCUT2D eigenvalue weighted by molar-refractivity contribution is 5.83. The highest BCUT2D eigenvalue weighted by atomic mass is 16.6. The minimum atomic E-state index is -0.442. The first-order valence-electron chi connectivity index (χ1n) is 12.1. The first kappa shape index (κ1) is 24.5. The summed E-state index contributed by atoms with van der Waals surface area (Å²) in [5.41, 5.74) is 6.25. The van der Waals surface area contributed by atoms with E-state index < -0.39 is 4.92 Å². The average Bonchev–Trinajstić information content (AvgIpc) is 2.98. The largest absolute Gasteiger partial charge is 0.488 e. The fourth-order valence-corrected chi connectivity index (χ4v) is 4.22. The molecule has 0 saturated carbocycles. The van der Waals surface area contributed by atoms with Crippen molar-refractivity contribution in [3.8, 4) is 16.9 Å². The van der Waals surface area contributed by atoms with Crippen LogP contribution in [0.2, 0.25) is 0 Å². The first-order valence-corrected chi connectivity index (χ1v) is 12.1. The quantitative estimate of drug-likeness (QED) is 0.116. The first-order chi connectivity index (χ1) is 18.6. The number of carbonyl (C=O) groups is 1. The topological polar surface area (TPSA) is 72.7 Å². The van der Waals surface area contributed by atoms with Crippen molar-refractivity contribution in [1.82, 2.24) is 0 Å². The van der Waals surface area contributed by atoms with Gasteiger partial charge in [-0.05, 0) is 77.4 Å². The van der Waals surface area contributed by atoms with Crippen LogP contribution in [-0.2, 0) is 6.61 Å². The predicted molar refractivity (Wildman–Crippen MR) is 149 cm³/mol. The van der Waals surface area contributed by atoms with Crippen LogP contribution < -0.4 is 9.64 Å². The number of hydrogen-bond donors (Lipinski definition) is 0. The SMILES string of the molecule is O=Cc1ccc(-c2ccc(N(c3ccccc3)c3ccccc3)cc2)cc1OCc1ccc([N+](=O)[O-])cc1. The molecular weight excluding hydrogens is 476 g/mol. The molecule has 0 saturated heterocycles. The van der Waals surface area contributed by atoms with Crippen LogP contribution in [0.1, 0.15) is 15.9 Å². The lowest BCUT2D eigenvalue weighted by Gasteiger charge is -2.25. The Bertz CT molecular complexity index is 1500. The lowest BCUT2D eigenvalue weighted by Crippen LogP contribution is -2.09. The van der Waals surface area contributed by atoms with E-state index in [4.69, 9.17) is 4.74 Å². The van der Waals surface area contributed by atoms with Crippen LogP contribution in [0.5, 0.6) is 5.75 Å². The van der Waals surface area contributed by atoms with Crippen molar-refractivity contribution < 1.29 is 14.5 Å². The molecular formula is C32H24N2O4. The van der Waals surface area contributed by atoms with Gasteiger partial charge in [0.15, 0.2) is 6.29 Å². The molecule has 0 aromatic heterocycles. The molecule has 186 valence electrons. The Labute approximate surface area is 220 Å². The van der Waals surface area contributed by atoms with Gasteiger partial charge in [-0.3, -0.25) is 14.9 Å². The molecule has 5 rings (SSSR count). The molecule has 38 heavy (non-hydrogen) atoms. The lowest BCUT2D eigenvalue weighted by atomic mass is 10.0. The summed E-state index contributed by atoms with van der Waals surface area (Å²) < 4.78 is 5.94. The van der Waals surface area contributed by atoms with E-state index in [9.17, 15) is 14.9 Å². The van der Waals surface area contributed by atoms with Gasteiger partial charge >= 0.3 is 0 Å². The summed E-state index contributed by atoms with van der Waals surface area (Å²) in [5.74, 6) is 0.454. The molecule has 0 aliphatic rings. The summed E-state index contributed by atoms with van der Waals surface area (Å²) in [5, 5.41) is 10.9. The summed E-state index contributed by atoms with van der Waals surface area (Å²) in [4.78, 5) is 24.3. The second-order valence-corrected chi connectivity index (χ2v) is 8.64. The number of para-hydroxylation sites is 2. The zero-order chi connectivity index (χ0) is 26.3. The van der Waals surface area contributed by atoms with Crippen molar-refractivity contribution in [1.29, 1.82) is 0 Å². The number of nitro benzene ring substituents is 1. The minimum absolute atomic E-state index is 0.0193. The Morgan fingerprint density at radius 3 is 1.79 bits per heavy atom. The Kier molecular flexibility index (Phi) is 7.23. The maximum atomic E-state index is 11.6. The van der Waals surface area contributed by atoms with Crippen LogP contribution in [0.3, 0.4) is 0 Å². The number of nitrogens with zero attached hydrogens (tertiary/aromatic N) is 2. The van der Waals surface area contributed by atoms with Crippen LogP contribution in [0, 0.1) is 10.1 Å². The second-order valence-electron chi connectivity index (χ2n) is 8.64. The number of nitro groups is 1. The number of carbonyl (C=O) groups excluding carboxylic acids is 1. The third kappa shape index (κ3) is 5.44. The van der Waals surface area contributed by atoms with E-state index in [-0.39, 0.29) is 12.3 Å². The summed E-state index contributed by atoms with van der Waals surface area (Å²) in [6.45, 7) is 0.185. The van der Waals surface area contributed by atoms with E-state index in [1.165, 1.54) is 12.1 Å². The summed E-state index contributed by atoms with van der Waals surface area (Å²) in [6, 6.07) is 40.3. The lowest BCUT2D eigenvalue weighted by molar-refractivity contribution is -0.384. The Hall–Kier alpha value is -5.23. The fraction of sp³-hybridized carbons (Fsp3) is 0.0312. The van der Waals surface area contributed by atoms with Gasteiger partial charge in [0.05, 0.1) is 10.5 Å². The Morgan fingerprint density at radius 2 is 1.24 bits per heavy atom. The van der Waals surface area contributed by atoms with Crippen LogP contribution in [0.25, 0.3) is 11.1 Å². The molecule has 0 heterocycles. The molecule has 0 unspecified atom stereocenters. The fourth-order valence-electron chi connectivity index (χ4n) is 4.22. The van der Waals surface area contributed by atoms with E-state index in [0.29, 0.717) is 11.3 Å². The molecule has 6 nitrogen and oxygen atoms in total. The smallest absolute Gasteiger partial charge is 0.269 e. The van der Waals surface area contributed by atoms with Gasteiger partial charge in [0.1, 0.15) is 12.4 Å². The molecule has 0 bridgehead atoms. The number of rotatable bonds is 9. The summed E-state index contributed by atoms with van der Waals surface area (Å²) in [6.07, 6.45) is 0.760. The van der Waals surface area contributed by atoms with Crippen LogP contribution in [0.15, 0.2) is 127 Å². The van der Waals surface area contributed by atoms with Crippen molar-refractivity contribution in [2.24, 2.45) is 0 Å². The maximum absolute atomic E-state index is 11.6. The van der Waals surface area contributed by atoms with E-state index in [2.05, 4.69) is 41.3 Å². The van der Waals surface area contributed by atoms with Crippen LogP contribution >= 0.6 is 0 Å². The Balaban J connectivity index is 1.40. The number of aldehydes is 1. The predicted octanol–water partition coefficient (Wildman–Crippen LogP) is 8.12. The maximum Gasteiger partial charge on any atom is 0.269 e. The van der Waals surface area contributed by atoms with Crippen molar-refractivity contribution in [2.75, 3.05) is 4.90 Å². The van der Waals surface area contributed by atoms with E-state index in [1.807, 2.05) is 60.7 Å². The number of anilines is 3. The molecule has 0 N–H and O–H groups in total. The van der Waals surface area contributed by atoms with Gasteiger partial charge in [-0.25, -0.2) is 0 Å². The van der Waals surface area contributed by atoms with Gasteiger partial charge in [-0.15, -0.1) is 0 Å². The molecule has 0 amide bonds. The van der Waals surface area contributed by atoms with E-state index in [1.54, 1.807) is 18.2 Å². The normalized spacial score (nSPS) is 10.5. The van der Waals surface area contributed by atoms with Gasteiger partial charge in [0, 0.05) is 29.2 Å². The standard InChI is InChI=1S/C32H24N2O4/c35-22-27-14-13-26(21-32(27)38-23-24-11-17-31(18-12-24)34(36)37)25-15-19-30(20-16-25)33(28-7-3-1-4-8-28)29-9-5-2-6-10-29/h1-22H,23H2. The third-order valence-corrected chi connectivity index (χ3v) is 6.17. The molecule has 0 aliphatic carbocycles. The van der Waals surface area contributed by atoms with Crippen molar-refractivity contribution in [3.63, 3.8) is 0 Å². The highest BCUT2D eigenvalue weighted by Crippen LogP contribution is 2.36. The minimum Gasteiger partial charge on any atom is -0.488 e. The average molecular weight is 501 g/mol. The summed E-state index contributed by atoms with van der Waals surface area (Å²) >= 11 is 0. The highest BCUT2D eigenvalue weighted by Gasteiger charge is 2.13. The molecule has 0 atom stereocenters. The molecule has 5 aromatic rings. The summed E-state index contributed by atoms with van der Waals surface area (Å²) in [7, 11) is 0. The van der Waals surface area contributed by atoms with Crippen molar-refractivity contribution >= 4 is 29.0 Å². The van der Waals surface area contributed by atoms with Crippen molar-refractivity contribution in [3.05, 3.63) is 149 Å². The number of ether oxygens (including phenoxy) is 1. The zero-order valence-corrected chi connectivity index (χ0v) is 20.4. The molecule has 0 spiro atoms. The van der Waals surface area contributed by atoms with Gasteiger partial charge in [-0.1, -0.05) is 54.6 Å². The van der Waals surface area contributed by atoms with E-state index in [0.717, 1.165) is 40.0 Å². The Morgan fingerprint density at radius 1 is 0.684 bits per heavy atom. The van der Waals surface area contributed by atoms with Crippen LogP contribution in [0.4, 0.5) is 22.7 Å². The molecule has 5 aromatic carbocycles. The van der Waals surface area contributed by atoms with Crippen molar-refractivity contribution in [2.45, 2.75) is 6.61 Å². The van der Waals surface area contributed by atoms with Gasteiger partial charge in [0.25, 0.3) is 5.69 Å². The molecule has 0 aliphatic heterocycles. The zero-order valence-electron chi connectivity index (χ0n) is 20.4. The molecule has 6 heteroatoms. The molecule has 0 radical (unpaired) electrons. The van der Waals surface area contributed by atoms with Gasteiger partial charge in [0.2, 0.25) is 0 Å². The number of hydrogen-bond acceptors (Lipinski definition) is 5.